The van der Waals surface area contributed by atoms with Gasteiger partial charge in [0.2, 0.25) is 0 Å². The van der Waals surface area contributed by atoms with E-state index in [1.54, 1.807) is 14.2 Å². The van der Waals surface area contributed by atoms with Crippen LogP contribution in [-0.2, 0) is 27.7 Å². The maximum absolute atomic E-state index is 5.63. The fourth-order valence-corrected chi connectivity index (χ4v) is 3.89. The lowest BCUT2D eigenvalue weighted by Gasteiger charge is -2.30. The molecule has 0 atom stereocenters. The second-order valence-electron chi connectivity index (χ2n) is 6.42. The Morgan fingerprint density at radius 3 is 1.52 bits per heavy atom. The van der Waals surface area contributed by atoms with Gasteiger partial charge in [0, 0.05) is 14.2 Å². The zero-order valence-corrected chi connectivity index (χ0v) is 14.6. The van der Waals surface area contributed by atoms with Crippen molar-refractivity contribution < 1.29 is 9.47 Å². The quantitative estimate of drug-likeness (QED) is 0.789. The summed E-state index contributed by atoms with van der Waals surface area (Å²) in [6.45, 7) is 5.69. The average Bonchev–Trinajstić information content (AvgIpc) is 2.85. The molecule has 0 N–H and O–H groups in total. The van der Waals surface area contributed by atoms with Crippen molar-refractivity contribution in [1.29, 1.82) is 0 Å². The van der Waals surface area contributed by atoms with Crippen LogP contribution in [-0.4, -0.2) is 27.4 Å². The molecular formula is C21H26O2. The number of hydrogen-bond donors (Lipinski definition) is 0. The normalized spacial score (nSPS) is 14.6. The maximum atomic E-state index is 5.63. The highest BCUT2D eigenvalue weighted by Gasteiger charge is 2.43. The number of benzene rings is 2. The lowest BCUT2D eigenvalue weighted by molar-refractivity contribution is 0.0814. The van der Waals surface area contributed by atoms with Gasteiger partial charge in [0.1, 0.15) is 0 Å². The molecule has 122 valence electrons. The summed E-state index contributed by atoms with van der Waals surface area (Å²) in [7, 11) is 3.55. The summed E-state index contributed by atoms with van der Waals surface area (Å²) in [6.07, 6.45) is 2.11. The van der Waals surface area contributed by atoms with Crippen LogP contribution in [0, 0.1) is 0 Å². The molecule has 1 aliphatic rings. The number of methoxy groups -OCH3 is 2. The summed E-state index contributed by atoms with van der Waals surface area (Å²) in [5, 5.41) is 0. The predicted octanol–water partition coefficient (Wildman–Crippen LogP) is 4.37. The van der Waals surface area contributed by atoms with Gasteiger partial charge in [-0.1, -0.05) is 50.2 Å². The van der Waals surface area contributed by atoms with Crippen molar-refractivity contribution in [3.8, 4) is 11.1 Å². The molecule has 0 spiro atoms. The van der Waals surface area contributed by atoms with Gasteiger partial charge in [-0.05, 0) is 46.2 Å². The maximum Gasteiger partial charge on any atom is 0.0681 e. The number of fused-ring (bicyclic) bond motifs is 3. The molecule has 0 radical (unpaired) electrons. The molecule has 2 aromatic rings. The van der Waals surface area contributed by atoms with Crippen molar-refractivity contribution in [3.05, 3.63) is 58.7 Å². The second kappa shape index (κ2) is 6.46. The van der Waals surface area contributed by atoms with Gasteiger partial charge in [-0.2, -0.15) is 0 Å². The zero-order valence-electron chi connectivity index (χ0n) is 14.6. The molecule has 0 bridgehead atoms. The predicted molar refractivity (Wildman–Crippen MR) is 95.2 cm³/mol. The van der Waals surface area contributed by atoms with Crippen LogP contribution in [0.2, 0.25) is 0 Å². The zero-order chi connectivity index (χ0) is 16.4. The highest BCUT2D eigenvalue weighted by atomic mass is 16.5. The summed E-state index contributed by atoms with van der Waals surface area (Å²) in [5.74, 6) is 0. The Morgan fingerprint density at radius 1 is 0.739 bits per heavy atom. The van der Waals surface area contributed by atoms with E-state index in [0.717, 1.165) is 12.8 Å². The van der Waals surface area contributed by atoms with Crippen molar-refractivity contribution >= 4 is 0 Å². The van der Waals surface area contributed by atoms with Gasteiger partial charge in [0.05, 0.1) is 18.6 Å². The number of aryl methyl sites for hydroxylation is 2. The Hall–Kier alpha value is -1.64. The molecule has 2 nitrogen and oxygen atoms in total. The van der Waals surface area contributed by atoms with Gasteiger partial charge in [-0.15, -0.1) is 0 Å². The smallest absolute Gasteiger partial charge is 0.0681 e. The Labute approximate surface area is 139 Å². The first-order chi connectivity index (χ1) is 11.2. The van der Waals surface area contributed by atoms with Crippen molar-refractivity contribution in [2.45, 2.75) is 32.1 Å². The first-order valence-electron chi connectivity index (χ1n) is 8.45. The molecule has 0 saturated heterocycles. The topological polar surface area (TPSA) is 18.5 Å². The molecule has 0 amide bonds. The van der Waals surface area contributed by atoms with E-state index < -0.39 is 0 Å². The van der Waals surface area contributed by atoms with Crippen LogP contribution in [0.1, 0.15) is 36.1 Å². The minimum absolute atomic E-state index is 0.202. The van der Waals surface area contributed by atoms with Crippen LogP contribution in [0.25, 0.3) is 11.1 Å². The van der Waals surface area contributed by atoms with E-state index in [0.29, 0.717) is 13.2 Å². The van der Waals surface area contributed by atoms with Crippen LogP contribution in [0.4, 0.5) is 0 Å². The van der Waals surface area contributed by atoms with Gasteiger partial charge in [-0.3, -0.25) is 0 Å². The van der Waals surface area contributed by atoms with Crippen LogP contribution in [0.15, 0.2) is 36.4 Å². The van der Waals surface area contributed by atoms with E-state index in [9.17, 15) is 0 Å². The Bertz CT molecular complexity index is 641. The number of hydrogen-bond acceptors (Lipinski definition) is 2. The van der Waals surface area contributed by atoms with Gasteiger partial charge in [0.25, 0.3) is 0 Å². The Kier molecular flexibility index (Phi) is 4.56. The summed E-state index contributed by atoms with van der Waals surface area (Å²) in [6, 6.07) is 13.7. The van der Waals surface area contributed by atoms with Gasteiger partial charge in [0.15, 0.2) is 0 Å². The monoisotopic (exact) mass is 310 g/mol. The molecule has 2 aromatic carbocycles. The van der Waals surface area contributed by atoms with E-state index in [1.807, 2.05) is 0 Å². The minimum atomic E-state index is -0.202. The average molecular weight is 310 g/mol. The van der Waals surface area contributed by atoms with Crippen LogP contribution < -0.4 is 0 Å². The van der Waals surface area contributed by atoms with Crippen molar-refractivity contribution in [1.82, 2.24) is 0 Å². The summed E-state index contributed by atoms with van der Waals surface area (Å²) >= 11 is 0. The molecule has 23 heavy (non-hydrogen) atoms. The molecule has 0 saturated carbocycles. The van der Waals surface area contributed by atoms with E-state index >= 15 is 0 Å². The highest BCUT2D eigenvalue weighted by Crippen LogP contribution is 2.50. The third-order valence-corrected chi connectivity index (χ3v) is 5.09. The molecule has 0 unspecified atom stereocenters. The van der Waals surface area contributed by atoms with Crippen LogP contribution in [0.5, 0.6) is 0 Å². The van der Waals surface area contributed by atoms with Crippen LogP contribution in [0.3, 0.4) is 0 Å². The largest absolute Gasteiger partial charge is 0.383 e. The van der Waals surface area contributed by atoms with E-state index in [4.69, 9.17) is 9.47 Å². The van der Waals surface area contributed by atoms with E-state index in [1.165, 1.54) is 33.4 Å². The van der Waals surface area contributed by atoms with Crippen LogP contribution >= 0.6 is 0 Å². The summed E-state index contributed by atoms with van der Waals surface area (Å²) in [4.78, 5) is 0. The van der Waals surface area contributed by atoms with E-state index in [-0.39, 0.29) is 5.41 Å². The fourth-order valence-electron chi connectivity index (χ4n) is 3.89. The Morgan fingerprint density at radius 2 is 1.17 bits per heavy atom. The third-order valence-electron chi connectivity index (χ3n) is 5.09. The van der Waals surface area contributed by atoms with Crippen molar-refractivity contribution in [2.24, 2.45) is 0 Å². The third kappa shape index (κ3) is 2.50. The Balaban J connectivity index is 2.28. The minimum Gasteiger partial charge on any atom is -0.383 e. The lowest BCUT2D eigenvalue weighted by Crippen LogP contribution is -2.35. The molecule has 0 aromatic heterocycles. The summed E-state index contributed by atoms with van der Waals surface area (Å²) < 4.78 is 11.3. The number of rotatable bonds is 6. The fraction of sp³-hybridized carbons (Fsp3) is 0.429. The molecule has 2 heteroatoms. The molecule has 0 heterocycles. The molecule has 0 fully saturated rings. The van der Waals surface area contributed by atoms with Crippen molar-refractivity contribution in [2.75, 3.05) is 27.4 Å². The molecule has 3 rings (SSSR count). The standard InChI is InChI=1S/C21H26O2/c1-5-15-7-9-19-17(11-15)18-12-16(6-2)8-10-20(18)21(19,13-22-3)14-23-4/h7-12H,5-6,13-14H2,1-4H3. The molecular weight excluding hydrogens is 284 g/mol. The van der Waals surface area contributed by atoms with E-state index in [2.05, 4.69) is 50.2 Å². The van der Waals surface area contributed by atoms with Gasteiger partial charge >= 0.3 is 0 Å². The highest BCUT2D eigenvalue weighted by molar-refractivity contribution is 5.82. The number of ether oxygens (including phenoxy) is 2. The van der Waals surface area contributed by atoms with Gasteiger partial charge < -0.3 is 9.47 Å². The second-order valence-corrected chi connectivity index (χ2v) is 6.42. The SMILES string of the molecule is CCc1ccc2c(c1)-c1cc(CC)ccc1C2(COC)COC. The molecule has 1 aliphatic carbocycles. The first kappa shape index (κ1) is 16.2. The summed E-state index contributed by atoms with van der Waals surface area (Å²) in [5.41, 5.74) is 7.92. The molecule has 0 aliphatic heterocycles. The van der Waals surface area contributed by atoms with Crippen molar-refractivity contribution in [3.63, 3.8) is 0 Å². The lowest BCUT2D eigenvalue weighted by atomic mass is 9.79. The van der Waals surface area contributed by atoms with Gasteiger partial charge in [-0.25, -0.2) is 0 Å². The first-order valence-corrected chi connectivity index (χ1v) is 8.45.